The van der Waals surface area contributed by atoms with Crippen molar-refractivity contribution in [1.29, 1.82) is 0 Å². The lowest BCUT2D eigenvalue weighted by Crippen LogP contribution is -1.92. The fourth-order valence-corrected chi connectivity index (χ4v) is 2.97. The molecule has 0 radical (unpaired) electrons. The maximum atomic E-state index is 9.22. The van der Waals surface area contributed by atoms with Gasteiger partial charge in [0.25, 0.3) is 0 Å². The molecule has 1 aromatic carbocycles. The summed E-state index contributed by atoms with van der Waals surface area (Å²) < 4.78 is 0. The Hall–Kier alpha value is -1.19. The normalized spacial score (nSPS) is 10.8. The highest BCUT2D eigenvalue weighted by Crippen LogP contribution is 2.21. The molecule has 1 N–H and O–H groups in total. The monoisotopic (exact) mass is 261 g/mol. The minimum absolute atomic E-state index is 0.0597. The van der Waals surface area contributed by atoms with Crippen LogP contribution in [0.3, 0.4) is 0 Å². The van der Waals surface area contributed by atoms with E-state index in [4.69, 9.17) is 0 Å². The average molecular weight is 261 g/mol. The molecule has 3 heteroatoms. The number of aliphatic hydroxyl groups excluding tert-OH is 1. The number of aliphatic hydroxyl groups is 1. The molecule has 0 bridgehead atoms. The molecule has 0 aliphatic rings. The molecule has 2 rings (SSSR count). The predicted molar refractivity (Wildman–Crippen MR) is 76.0 cm³/mol. The SMILES string of the molecule is CCc1sc(CCc2ccc(C)cc2)nc1CO. The summed E-state index contributed by atoms with van der Waals surface area (Å²) in [5.74, 6) is 0. The van der Waals surface area contributed by atoms with E-state index < -0.39 is 0 Å². The lowest BCUT2D eigenvalue weighted by atomic mass is 10.1. The van der Waals surface area contributed by atoms with Gasteiger partial charge < -0.3 is 5.11 Å². The van der Waals surface area contributed by atoms with Crippen molar-refractivity contribution in [2.75, 3.05) is 0 Å². The number of hydrogen-bond acceptors (Lipinski definition) is 3. The average Bonchev–Trinajstić information content (AvgIpc) is 2.80. The van der Waals surface area contributed by atoms with Gasteiger partial charge in [-0.15, -0.1) is 11.3 Å². The van der Waals surface area contributed by atoms with Crippen LogP contribution >= 0.6 is 11.3 Å². The maximum Gasteiger partial charge on any atom is 0.0935 e. The lowest BCUT2D eigenvalue weighted by molar-refractivity contribution is 0.276. The van der Waals surface area contributed by atoms with E-state index in [1.807, 2.05) is 0 Å². The highest BCUT2D eigenvalue weighted by atomic mass is 32.1. The number of aromatic nitrogens is 1. The smallest absolute Gasteiger partial charge is 0.0935 e. The van der Waals surface area contributed by atoms with Gasteiger partial charge in [-0.1, -0.05) is 36.8 Å². The van der Waals surface area contributed by atoms with Crippen molar-refractivity contribution in [2.45, 2.75) is 39.7 Å². The van der Waals surface area contributed by atoms with Gasteiger partial charge in [-0.25, -0.2) is 4.98 Å². The number of hydrogen-bond donors (Lipinski definition) is 1. The summed E-state index contributed by atoms with van der Waals surface area (Å²) in [4.78, 5) is 5.72. The Bertz CT molecular complexity index is 480. The zero-order chi connectivity index (χ0) is 13.0. The van der Waals surface area contributed by atoms with Crippen LogP contribution in [0.4, 0.5) is 0 Å². The topological polar surface area (TPSA) is 33.1 Å². The molecular weight excluding hydrogens is 242 g/mol. The fraction of sp³-hybridized carbons (Fsp3) is 0.400. The van der Waals surface area contributed by atoms with Crippen molar-refractivity contribution < 1.29 is 5.11 Å². The van der Waals surface area contributed by atoms with Gasteiger partial charge in [-0.05, 0) is 25.3 Å². The van der Waals surface area contributed by atoms with E-state index in [0.717, 1.165) is 30.0 Å². The number of thiazole rings is 1. The summed E-state index contributed by atoms with van der Waals surface area (Å²) in [7, 11) is 0. The van der Waals surface area contributed by atoms with Crippen molar-refractivity contribution in [2.24, 2.45) is 0 Å². The third-order valence-corrected chi connectivity index (χ3v) is 4.34. The fourth-order valence-electron chi connectivity index (χ4n) is 1.95. The van der Waals surface area contributed by atoms with Crippen LogP contribution in [0.25, 0.3) is 0 Å². The molecule has 0 aliphatic heterocycles. The quantitative estimate of drug-likeness (QED) is 0.896. The zero-order valence-corrected chi connectivity index (χ0v) is 11.8. The molecule has 0 saturated heterocycles. The molecule has 0 spiro atoms. The Morgan fingerprint density at radius 1 is 1.17 bits per heavy atom. The van der Waals surface area contributed by atoms with E-state index in [9.17, 15) is 5.11 Å². The van der Waals surface area contributed by atoms with Crippen LogP contribution < -0.4 is 0 Å². The Balaban J connectivity index is 2.01. The molecule has 18 heavy (non-hydrogen) atoms. The van der Waals surface area contributed by atoms with Gasteiger partial charge in [-0.3, -0.25) is 0 Å². The van der Waals surface area contributed by atoms with E-state index in [0.29, 0.717) is 0 Å². The van der Waals surface area contributed by atoms with Crippen LogP contribution in [-0.2, 0) is 25.9 Å². The molecule has 0 saturated carbocycles. The maximum absolute atomic E-state index is 9.22. The zero-order valence-electron chi connectivity index (χ0n) is 10.9. The molecule has 96 valence electrons. The van der Waals surface area contributed by atoms with Gasteiger partial charge in [0.1, 0.15) is 0 Å². The molecule has 2 nitrogen and oxygen atoms in total. The standard InChI is InChI=1S/C15H19NOS/c1-3-14-13(10-17)16-15(18-14)9-8-12-6-4-11(2)5-7-12/h4-7,17H,3,8-10H2,1-2H3. The first-order valence-electron chi connectivity index (χ1n) is 6.36. The molecule has 0 unspecified atom stereocenters. The molecular formula is C15H19NOS. The number of aryl methyl sites for hydroxylation is 4. The molecule has 1 aromatic heterocycles. The summed E-state index contributed by atoms with van der Waals surface area (Å²) in [6.07, 6.45) is 2.93. The van der Waals surface area contributed by atoms with Crippen LogP contribution in [0.5, 0.6) is 0 Å². The van der Waals surface area contributed by atoms with E-state index >= 15 is 0 Å². The molecule has 0 amide bonds. The second-order valence-corrected chi connectivity index (χ2v) is 5.64. The largest absolute Gasteiger partial charge is 0.390 e. The first-order chi connectivity index (χ1) is 8.72. The van der Waals surface area contributed by atoms with Crippen molar-refractivity contribution in [3.8, 4) is 0 Å². The summed E-state index contributed by atoms with van der Waals surface area (Å²) >= 11 is 1.74. The molecule has 0 fully saturated rings. The van der Waals surface area contributed by atoms with E-state index in [-0.39, 0.29) is 6.61 Å². The molecule has 0 atom stereocenters. The van der Waals surface area contributed by atoms with E-state index in [1.54, 1.807) is 11.3 Å². The summed E-state index contributed by atoms with van der Waals surface area (Å²) in [5.41, 5.74) is 3.50. The highest BCUT2D eigenvalue weighted by molar-refractivity contribution is 7.11. The summed E-state index contributed by atoms with van der Waals surface area (Å²) in [5, 5.41) is 10.4. The third-order valence-electron chi connectivity index (χ3n) is 3.04. The number of nitrogens with zero attached hydrogens (tertiary/aromatic N) is 1. The Morgan fingerprint density at radius 2 is 1.89 bits per heavy atom. The number of benzene rings is 1. The second kappa shape index (κ2) is 6.12. The Labute approximate surface area is 112 Å². The van der Waals surface area contributed by atoms with Gasteiger partial charge in [-0.2, -0.15) is 0 Å². The van der Waals surface area contributed by atoms with Gasteiger partial charge in [0, 0.05) is 11.3 Å². The van der Waals surface area contributed by atoms with Crippen LogP contribution in [0, 0.1) is 6.92 Å². The first-order valence-corrected chi connectivity index (χ1v) is 7.18. The molecule has 0 aliphatic carbocycles. The van der Waals surface area contributed by atoms with Gasteiger partial charge in [0.15, 0.2) is 0 Å². The minimum Gasteiger partial charge on any atom is -0.390 e. The number of rotatable bonds is 5. The van der Waals surface area contributed by atoms with Crippen LogP contribution in [0.2, 0.25) is 0 Å². The second-order valence-electron chi connectivity index (χ2n) is 4.47. The minimum atomic E-state index is 0.0597. The van der Waals surface area contributed by atoms with Gasteiger partial charge >= 0.3 is 0 Å². The van der Waals surface area contributed by atoms with Crippen molar-refractivity contribution in [3.05, 3.63) is 51.0 Å². The first kappa shape index (κ1) is 13.2. The van der Waals surface area contributed by atoms with Crippen LogP contribution in [0.15, 0.2) is 24.3 Å². The third kappa shape index (κ3) is 3.18. The van der Waals surface area contributed by atoms with Gasteiger partial charge in [0.05, 0.1) is 17.3 Å². The van der Waals surface area contributed by atoms with Crippen molar-refractivity contribution in [1.82, 2.24) is 4.98 Å². The van der Waals surface area contributed by atoms with Crippen LogP contribution in [-0.4, -0.2) is 10.1 Å². The molecule has 2 aromatic rings. The Morgan fingerprint density at radius 3 is 2.44 bits per heavy atom. The summed E-state index contributed by atoms with van der Waals surface area (Å²) in [6.45, 7) is 4.27. The van der Waals surface area contributed by atoms with E-state index in [2.05, 4.69) is 43.1 Å². The van der Waals surface area contributed by atoms with E-state index in [1.165, 1.54) is 16.0 Å². The predicted octanol–water partition coefficient (Wildman–Crippen LogP) is 3.29. The highest BCUT2D eigenvalue weighted by Gasteiger charge is 2.08. The van der Waals surface area contributed by atoms with Crippen LogP contribution in [0.1, 0.15) is 33.6 Å². The Kier molecular flexibility index (Phi) is 4.50. The van der Waals surface area contributed by atoms with Gasteiger partial charge in [0.2, 0.25) is 0 Å². The summed E-state index contributed by atoms with van der Waals surface area (Å²) in [6, 6.07) is 8.65. The lowest BCUT2D eigenvalue weighted by Gasteiger charge is -1.99. The van der Waals surface area contributed by atoms with Crippen molar-refractivity contribution in [3.63, 3.8) is 0 Å². The van der Waals surface area contributed by atoms with Crippen molar-refractivity contribution >= 4 is 11.3 Å². The molecule has 1 heterocycles.